The zero-order valence-electron chi connectivity index (χ0n) is 11.0. The highest BCUT2D eigenvalue weighted by atomic mass is 16.4. The Morgan fingerprint density at radius 2 is 2.12 bits per heavy atom. The molecule has 3 nitrogen and oxygen atoms in total. The minimum Gasteiger partial charge on any atom is -0.478 e. The number of aryl methyl sites for hydroxylation is 1. The number of nitrogens with zero attached hydrogens (tertiary/aromatic N) is 1. The van der Waals surface area contributed by atoms with Crippen molar-refractivity contribution < 1.29 is 9.90 Å². The van der Waals surface area contributed by atoms with Crippen molar-refractivity contribution in [1.29, 1.82) is 0 Å². The first-order valence-corrected chi connectivity index (χ1v) is 5.98. The first-order chi connectivity index (χ1) is 7.95. The lowest BCUT2D eigenvalue weighted by Gasteiger charge is -2.24. The molecule has 1 unspecified atom stereocenters. The molecule has 0 aliphatic heterocycles. The average Bonchev–Trinajstić information content (AvgIpc) is 2.30. The largest absolute Gasteiger partial charge is 0.478 e. The van der Waals surface area contributed by atoms with Crippen LogP contribution in [0.4, 0.5) is 0 Å². The zero-order valence-corrected chi connectivity index (χ0v) is 11.0. The maximum atomic E-state index is 10.8. The van der Waals surface area contributed by atoms with E-state index >= 15 is 0 Å². The Morgan fingerprint density at radius 1 is 1.47 bits per heavy atom. The predicted molar refractivity (Wildman–Crippen MR) is 69.4 cm³/mol. The summed E-state index contributed by atoms with van der Waals surface area (Å²) in [7, 11) is 2.10. The molecule has 0 fully saturated rings. The highest BCUT2D eigenvalue weighted by molar-refractivity contribution is 5.87. The molecular weight excluding hydrogens is 214 g/mol. The number of hydrogen-bond donors (Lipinski definition) is 1. The summed E-state index contributed by atoms with van der Waals surface area (Å²) in [5, 5.41) is 8.90. The van der Waals surface area contributed by atoms with E-state index in [4.69, 9.17) is 5.11 Å². The molecule has 0 radical (unpaired) electrons. The monoisotopic (exact) mass is 235 g/mol. The molecule has 0 spiro atoms. The zero-order chi connectivity index (χ0) is 13.0. The van der Waals surface area contributed by atoms with Gasteiger partial charge in [-0.3, -0.25) is 4.90 Å². The van der Waals surface area contributed by atoms with Gasteiger partial charge >= 0.3 is 5.97 Å². The van der Waals surface area contributed by atoms with Crippen LogP contribution in [0, 0.1) is 6.92 Å². The number of rotatable bonds is 5. The van der Waals surface area contributed by atoms with Crippen LogP contribution in [0.15, 0.2) is 18.2 Å². The second-order valence-electron chi connectivity index (χ2n) is 4.62. The first-order valence-electron chi connectivity index (χ1n) is 5.98. The molecule has 0 aliphatic rings. The van der Waals surface area contributed by atoms with Gasteiger partial charge in [0.2, 0.25) is 0 Å². The van der Waals surface area contributed by atoms with E-state index in [1.807, 2.05) is 13.0 Å². The van der Waals surface area contributed by atoms with Crippen LogP contribution in [0.3, 0.4) is 0 Å². The van der Waals surface area contributed by atoms with Gasteiger partial charge in [-0.05, 0) is 50.6 Å². The van der Waals surface area contributed by atoms with Crippen LogP contribution in [-0.2, 0) is 6.54 Å². The molecule has 0 heterocycles. The molecule has 0 bridgehead atoms. The van der Waals surface area contributed by atoms with Crippen molar-refractivity contribution in [2.75, 3.05) is 7.05 Å². The predicted octanol–water partition coefficient (Wildman–Crippen LogP) is 2.92. The summed E-state index contributed by atoms with van der Waals surface area (Å²) in [5.74, 6) is -0.866. The van der Waals surface area contributed by atoms with Crippen LogP contribution < -0.4 is 0 Å². The Hall–Kier alpha value is -1.35. The summed E-state index contributed by atoms with van der Waals surface area (Å²) in [5.41, 5.74) is 2.59. The van der Waals surface area contributed by atoms with Crippen LogP contribution in [0.1, 0.15) is 41.8 Å². The van der Waals surface area contributed by atoms with Crippen molar-refractivity contribution >= 4 is 5.97 Å². The molecule has 1 aromatic carbocycles. The minimum atomic E-state index is -0.866. The molecule has 0 aromatic heterocycles. The maximum Gasteiger partial charge on any atom is 0.335 e. The lowest BCUT2D eigenvalue weighted by molar-refractivity contribution is 0.0696. The van der Waals surface area contributed by atoms with Crippen molar-refractivity contribution in [2.45, 2.75) is 39.8 Å². The van der Waals surface area contributed by atoms with Gasteiger partial charge in [-0.15, -0.1) is 0 Å². The van der Waals surface area contributed by atoms with Gasteiger partial charge in [0.15, 0.2) is 0 Å². The number of benzene rings is 1. The Morgan fingerprint density at radius 3 is 2.59 bits per heavy atom. The highest BCUT2D eigenvalue weighted by Crippen LogP contribution is 2.15. The van der Waals surface area contributed by atoms with Crippen LogP contribution >= 0.6 is 0 Å². The van der Waals surface area contributed by atoms with E-state index in [2.05, 4.69) is 25.8 Å². The molecule has 1 aromatic rings. The average molecular weight is 235 g/mol. The SMILES string of the molecule is CCC(C)N(C)Cc1ccc(C(=O)O)cc1C. The summed E-state index contributed by atoms with van der Waals surface area (Å²) in [6, 6.07) is 5.86. The van der Waals surface area contributed by atoms with Crippen molar-refractivity contribution in [3.05, 3.63) is 34.9 Å². The fourth-order valence-corrected chi connectivity index (χ4v) is 1.74. The van der Waals surface area contributed by atoms with Gasteiger partial charge in [0.1, 0.15) is 0 Å². The van der Waals surface area contributed by atoms with Crippen LogP contribution in [0.2, 0.25) is 0 Å². The number of carboxylic acid groups (broad SMARTS) is 1. The summed E-state index contributed by atoms with van der Waals surface area (Å²) in [6.45, 7) is 7.19. The highest BCUT2D eigenvalue weighted by Gasteiger charge is 2.10. The first kappa shape index (κ1) is 13.7. The van der Waals surface area contributed by atoms with Crippen molar-refractivity contribution in [3.8, 4) is 0 Å². The molecule has 0 amide bonds. The third kappa shape index (κ3) is 3.56. The topological polar surface area (TPSA) is 40.5 Å². The van der Waals surface area contributed by atoms with E-state index in [0.717, 1.165) is 18.5 Å². The van der Waals surface area contributed by atoms with E-state index in [9.17, 15) is 4.79 Å². The second kappa shape index (κ2) is 5.82. The van der Waals surface area contributed by atoms with Gasteiger partial charge in [-0.1, -0.05) is 13.0 Å². The molecule has 3 heteroatoms. The third-order valence-electron chi connectivity index (χ3n) is 3.35. The molecular formula is C14H21NO2. The van der Waals surface area contributed by atoms with Crippen molar-refractivity contribution in [1.82, 2.24) is 4.90 Å². The van der Waals surface area contributed by atoms with Gasteiger partial charge < -0.3 is 5.11 Å². The number of aromatic carboxylic acids is 1. The maximum absolute atomic E-state index is 10.8. The normalized spacial score (nSPS) is 12.8. The van der Waals surface area contributed by atoms with Crippen LogP contribution in [-0.4, -0.2) is 29.1 Å². The van der Waals surface area contributed by atoms with Crippen molar-refractivity contribution in [2.24, 2.45) is 0 Å². The van der Waals surface area contributed by atoms with Gasteiger partial charge in [0.25, 0.3) is 0 Å². The third-order valence-corrected chi connectivity index (χ3v) is 3.35. The van der Waals surface area contributed by atoms with Crippen LogP contribution in [0.5, 0.6) is 0 Å². The Bertz CT molecular complexity index is 401. The van der Waals surface area contributed by atoms with E-state index < -0.39 is 5.97 Å². The van der Waals surface area contributed by atoms with Gasteiger partial charge in [-0.25, -0.2) is 4.79 Å². The molecule has 1 atom stereocenters. The summed E-state index contributed by atoms with van der Waals surface area (Å²) < 4.78 is 0. The molecule has 1 N–H and O–H groups in total. The smallest absolute Gasteiger partial charge is 0.335 e. The fraction of sp³-hybridized carbons (Fsp3) is 0.500. The lowest BCUT2D eigenvalue weighted by atomic mass is 10.0. The number of carboxylic acids is 1. The molecule has 0 aliphatic carbocycles. The Labute approximate surface area is 103 Å². The molecule has 0 saturated heterocycles. The van der Waals surface area contributed by atoms with E-state index in [1.165, 1.54) is 5.56 Å². The standard InChI is InChI=1S/C14H21NO2/c1-5-11(3)15(4)9-13-7-6-12(14(16)17)8-10(13)2/h6-8,11H,5,9H2,1-4H3,(H,16,17). The van der Waals surface area contributed by atoms with Gasteiger partial charge in [0, 0.05) is 12.6 Å². The summed E-state index contributed by atoms with van der Waals surface area (Å²) in [6.07, 6.45) is 1.11. The molecule has 1 rings (SSSR count). The van der Waals surface area contributed by atoms with Crippen molar-refractivity contribution in [3.63, 3.8) is 0 Å². The second-order valence-corrected chi connectivity index (χ2v) is 4.62. The molecule has 0 saturated carbocycles. The minimum absolute atomic E-state index is 0.359. The summed E-state index contributed by atoms with van der Waals surface area (Å²) in [4.78, 5) is 13.1. The Kier molecular flexibility index (Phi) is 4.70. The molecule has 17 heavy (non-hydrogen) atoms. The van der Waals surface area contributed by atoms with Crippen LogP contribution in [0.25, 0.3) is 0 Å². The molecule has 94 valence electrons. The number of carbonyl (C=O) groups is 1. The van der Waals surface area contributed by atoms with Gasteiger partial charge in [0.05, 0.1) is 5.56 Å². The quantitative estimate of drug-likeness (QED) is 0.853. The van der Waals surface area contributed by atoms with E-state index in [-0.39, 0.29) is 0 Å². The number of hydrogen-bond acceptors (Lipinski definition) is 2. The Balaban J connectivity index is 2.82. The van der Waals surface area contributed by atoms with Gasteiger partial charge in [-0.2, -0.15) is 0 Å². The van der Waals surface area contributed by atoms with E-state index in [1.54, 1.807) is 12.1 Å². The van der Waals surface area contributed by atoms with E-state index in [0.29, 0.717) is 11.6 Å². The lowest BCUT2D eigenvalue weighted by Crippen LogP contribution is -2.28. The summed E-state index contributed by atoms with van der Waals surface area (Å²) >= 11 is 0. The fourth-order valence-electron chi connectivity index (χ4n) is 1.74.